The van der Waals surface area contributed by atoms with Crippen LogP contribution in [0.1, 0.15) is 19.3 Å². The first-order valence-corrected chi connectivity index (χ1v) is 4.65. The number of nitrogens with two attached hydrogens (primary N) is 1. The number of rotatable bonds is 1. The van der Waals surface area contributed by atoms with Gasteiger partial charge in [0, 0.05) is 0 Å². The number of hydrogen-bond acceptors (Lipinski definition) is 6. The van der Waals surface area contributed by atoms with E-state index in [-0.39, 0.29) is 10.8 Å². The van der Waals surface area contributed by atoms with Gasteiger partial charge in [-0.25, -0.2) is 0 Å². The summed E-state index contributed by atoms with van der Waals surface area (Å²) in [5.74, 6) is 0. The molecule has 1 fully saturated rings. The van der Waals surface area contributed by atoms with Gasteiger partial charge in [-0.3, -0.25) is 5.43 Å². The average Bonchev–Trinajstić information content (AvgIpc) is 2.25. The Balaban J connectivity index is 2.94. The molecule has 1 saturated carbocycles. The Bertz CT molecular complexity index is 327. The van der Waals surface area contributed by atoms with Gasteiger partial charge < -0.3 is 16.1 Å². The van der Waals surface area contributed by atoms with E-state index < -0.39 is 0 Å². The topological polar surface area (TPSA) is 116 Å². The molecule has 0 aromatic heterocycles. The summed E-state index contributed by atoms with van der Waals surface area (Å²) in [6, 6.07) is 0. The highest BCUT2D eigenvalue weighted by Gasteiger charge is 2.23. The van der Waals surface area contributed by atoms with Crippen molar-refractivity contribution in [3.8, 4) is 0 Å². The third-order valence-electron chi connectivity index (χ3n) is 1.89. The number of hydrogen-bond donors (Lipinski definition) is 4. The third-order valence-corrected chi connectivity index (χ3v) is 1.98. The van der Waals surface area contributed by atoms with Crippen LogP contribution < -0.4 is 11.2 Å². The van der Waals surface area contributed by atoms with Gasteiger partial charge in [0.05, 0.1) is 0 Å². The lowest BCUT2D eigenvalue weighted by atomic mass is 9.94. The summed E-state index contributed by atoms with van der Waals surface area (Å²) in [6.45, 7) is 0. The lowest BCUT2D eigenvalue weighted by Gasteiger charge is -2.15. The van der Waals surface area contributed by atoms with E-state index in [1.54, 1.807) is 0 Å². The van der Waals surface area contributed by atoms with E-state index >= 15 is 0 Å². The Hall–Kier alpha value is -1.70. The third kappa shape index (κ3) is 2.88. The van der Waals surface area contributed by atoms with Crippen LogP contribution in [-0.2, 0) is 0 Å². The van der Waals surface area contributed by atoms with E-state index in [1.807, 2.05) is 0 Å². The van der Waals surface area contributed by atoms with Gasteiger partial charge in [0.2, 0.25) is 0 Å². The van der Waals surface area contributed by atoms with Crippen LogP contribution in [0.25, 0.3) is 0 Å². The standard InChI is InChI=1S/C7H11N5O2S/c8-7(15)10-9-6-4(11-13)2-1-3-5(6)12-14/h13-14H,1-3H2,(H3,8,10,15). The van der Waals surface area contributed by atoms with Crippen molar-refractivity contribution >= 4 is 34.5 Å². The molecule has 0 unspecified atom stereocenters. The molecule has 1 aliphatic rings. The van der Waals surface area contributed by atoms with Crippen molar-refractivity contribution in [2.24, 2.45) is 21.1 Å². The minimum atomic E-state index is -0.0114. The maximum Gasteiger partial charge on any atom is 0.184 e. The molecule has 15 heavy (non-hydrogen) atoms. The van der Waals surface area contributed by atoms with E-state index in [0.29, 0.717) is 24.3 Å². The Kier molecular flexibility index (Phi) is 3.98. The normalized spacial score (nSPS) is 21.7. The van der Waals surface area contributed by atoms with Crippen molar-refractivity contribution in [2.45, 2.75) is 19.3 Å². The van der Waals surface area contributed by atoms with Gasteiger partial charge in [-0.15, -0.1) is 0 Å². The van der Waals surface area contributed by atoms with E-state index in [1.165, 1.54) is 0 Å². The molecule has 0 atom stereocenters. The average molecular weight is 229 g/mol. The molecule has 8 heteroatoms. The molecule has 82 valence electrons. The predicted octanol–water partition coefficient (Wildman–Crippen LogP) is 0.0199. The van der Waals surface area contributed by atoms with Gasteiger partial charge in [-0.1, -0.05) is 10.3 Å². The summed E-state index contributed by atoms with van der Waals surface area (Å²) in [5.41, 5.74) is 8.52. The Morgan fingerprint density at radius 3 is 2.20 bits per heavy atom. The zero-order valence-electron chi connectivity index (χ0n) is 7.84. The minimum absolute atomic E-state index is 0.0114. The summed E-state index contributed by atoms with van der Waals surface area (Å²) >= 11 is 4.57. The molecule has 0 bridgehead atoms. The fourth-order valence-corrected chi connectivity index (χ4v) is 1.31. The second-order valence-electron chi connectivity index (χ2n) is 2.88. The van der Waals surface area contributed by atoms with Crippen LogP contribution in [0.3, 0.4) is 0 Å². The van der Waals surface area contributed by atoms with Crippen molar-refractivity contribution in [2.75, 3.05) is 0 Å². The Morgan fingerprint density at radius 2 is 1.80 bits per heavy atom. The van der Waals surface area contributed by atoms with Gasteiger partial charge in [0.15, 0.2) is 5.11 Å². The van der Waals surface area contributed by atoms with Gasteiger partial charge in [-0.05, 0) is 31.5 Å². The van der Waals surface area contributed by atoms with Crippen LogP contribution in [-0.4, -0.2) is 32.7 Å². The van der Waals surface area contributed by atoms with Crippen LogP contribution in [0.4, 0.5) is 0 Å². The quantitative estimate of drug-likeness (QED) is 0.287. The first kappa shape index (κ1) is 11.4. The lowest BCUT2D eigenvalue weighted by molar-refractivity contribution is 0.316. The molecule has 0 radical (unpaired) electrons. The lowest BCUT2D eigenvalue weighted by Crippen LogP contribution is -2.34. The molecule has 1 rings (SSSR count). The number of thiocarbonyl (C=S) groups is 1. The molecule has 0 aromatic rings. The molecule has 7 nitrogen and oxygen atoms in total. The van der Waals surface area contributed by atoms with Crippen LogP contribution in [0.15, 0.2) is 15.4 Å². The highest BCUT2D eigenvalue weighted by Crippen LogP contribution is 2.11. The first-order chi connectivity index (χ1) is 7.19. The number of nitrogens with one attached hydrogen (secondary N) is 1. The van der Waals surface area contributed by atoms with Crippen LogP contribution in [0.5, 0.6) is 0 Å². The van der Waals surface area contributed by atoms with E-state index in [4.69, 9.17) is 16.1 Å². The number of oxime groups is 2. The largest absolute Gasteiger partial charge is 0.411 e. The highest BCUT2D eigenvalue weighted by molar-refractivity contribution is 7.80. The molecule has 0 aliphatic heterocycles. The second-order valence-corrected chi connectivity index (χ2v) is 3.32. The fraction of sp³-hybridized carbons (Fsp3) is 0.429. The molecule has 0 saturated heterocycles. The van der Waals surface area contributed by atoms with Gasteiger partial charge in [0.1, 0.15) is 17.1 Å². The Morgan fingerprint density at radius 1 is 1.27 bits per heavy atom. The zero-order chi connectivity index (χ0) is 11.3. The maximum absolute atomic E-state index is 8.72. The maximum atomic E-state index is 8.72. The SMILES string of the molecule is NC(=S)NN=C1C(=NO)CCCC1=NO. The number of hydrazone groups is 1. The van der Waals surface area contributed by atoms with Crippen molar-refractivity contribution in [1.82, 2.24) is 5.43 Å². The van der Waals surface area contributed by atoms with Crippen molar-refractivity contribution in [3.63, 3.8) is 0 Å². The molecule has 5 N–H and O–H groups in total. The summed E-state index contributed by atoms with van der Waals surface area (Å²) in [6.07, 6.45) is 1.87. The summed E-state index contributed by atoms with van der Waals surface area (Å²) in [7, 11) is 0. The van der Waals surface area contributed by atoms with Crippen LogP contribution >= 0.6 is 12.2 Å². The van der Waals surface area contributed by atoms with Gasteiger partial charge >= 0.3 is 0 Å². The van der Waals surface area contributed by atoms with Crippen molar-refractivity contribution in [3.05, 3.63) is 0 Å². The molecule has 0 spiro atoms. The van der Waals surface area contributed by atoms with Gasteiger partial charge in [0.25, 0.3) is 0 Å². The van der Waals surface area contributed by atoms with E-state index in [0.717, 1.165) is 6.42 Å². The second kappa shape index (κ2) is 5.25. The Labute approximate surface area is 91.3 Å². The molecule has 0 amide bonds. The summed E-state index contributed by atoms with van der Waals surface area (Å²) < 4.78 is 0. The van der Waals surface area contributed by atoms with E-state index in [9.17, 15) is 0 Å². The minimum Gasteiger partial charge on any atom is -0.411 e. The number of nitrogens with zero attached hydrogens (tertiary/aromatic N) is 3. The van der Waals surface area contributed by atoms with E-state index in [2.05, 4.69) is 33.1 Å². The van der Waals surface area contributed by atoms with Crippen molar-refractivity contribution < 1.29 is 10.4 Å². The molecular weight excluding hydrogens is 218 g/mol. The zero-order valence-corrected chi connectivity index (χ0v) is 8.66. The predicted molar refractivity (Wildman–Crippen MR) is 59.7 cm³/mol. The molecular formula is C7H11N5O2S. The molecule has 0 aromatic carbocycles. The van der Waals surface area contributed by atoms with Gasteiger partial charge in [-0.2, -0.15) is 5.10 Å². The first-order valence-electron chi connectivity index (χ1n) is 4.24. The summed E-state index contributed by atoms with van der Waals surface area (Å²) in [5, 5.41) is 27.4. The highest BCUT2D eigenvalue weighted by atomic mass is 32.1. The summed E-state index contributed by atoms with van der Waals surface area (Å²) in [4.78, 5) is 0. The smallest absolute Gasteiger partial charge is 0.184 e. The van der Waals surface area contributed by atoms with Crippen LogP contribution in [0, 0.1) is 0 Å². The molecule has 1 aliphatic carbocycles. The fourth-order valence-electron chi connectivity index (χ4n) is 1.26. The molecule has 0 heterocycles. The monoisotopic (exact) mass is 229 g/mol. The van der Waals surface area contributed by atoms with Crippen molar-refractivity contribution in [1.29, 1.82) is 0 Å². The van der Waals surface area contributed by atoms with Crippen LogP contribution in [0.2, 0.25) is 0 Å².